The summed E-state index contributed by atoms with van der Waals surface area (Å²) in [6.07, 6.45) is -4.42. The second kappa shape index (κ2) is 4.80. The number of carbonyl (C=O) groups is 1. The van der Waals surface area contributed by atoms with Gasteiger partial charge in [0.2, 0.25) is 0 Å². The largest absolute Gasteiger partial charge is 0.453 e. The van der Waals surface area contributed by atoms with Gasteiger partial charge in [-0.3, -0.25) is 4.79 Å². The monoisotopic (exact) mass is 336 g/mol. The minimum absolute atomic E-state index is 0.0387. The summed E-state index contributed by atoms with van der Waals surface area (Å²) in [4.78, 5) is 10.5. The van der Waals surface area contributed by atoms with Crippen LogP contribution in [0.15, 0.2) is 33.2 Å². The van der Waals surface area contributed by atoms with Crippen LogP contribution in [0.2, 0.25) is 0 Å². The van der Waals surface area contributed by atoms with Gasteiger partial charge in [-0.25, -0.2) is 4.39 Å². The number of furan rings is 1. The van der Waals surface area contributed by atoms with E-state index in [-0.39, 0.29) is 16.0 Å². The predicted octanol–water partition coefficient (Wildman–Crippen LogP) is 4.68. The number of rotatable bonds is 2. The first-order chi connectivity index (χ1) is 8.82. The number of carbonyl (C=O) groups excluding carboxylic acids is 1. The molecule has 0 radical (unpaired) electrons. The minimum Gasteiger partial charge on any atom is -0.453 e. The quantitative estimate of drug-likeness (QED) is 0.588. The molecule has 7 heteroatoms. The molecule has 0 unspecified atom stereocenters. The molecule has 0 aliphatic carbocycles. The fraction of sp³-hybridized carbons (Fsp3) is 0.0833. The van der Waals surface area contributed by atoms with E-state index < -0.39 is 23.1 Å². The molecule has 0 aliphatic rings. The summed E-state index contributed by atoms with van der Waals surface area (Å²) in [6.45, 7) is 0. The van der Waals surface area contributed by atoms with Crippen molar-refractivity contribution in [3.8, 4) is 11.3 Å². The van der Waals surface area contributed by atoms with E-state index >= 15 is 0 Å². The highest BCUT2D eigenvalue weighted by molar-refractivity contribution is 9.10. The molecule has 0 aliphatic heterocycles. The van der Waals surface area contributed by atoms with Crippen LogP contribution >= 0.6 is 15.9 Å². The predicted molar refractivity (Wildman–Crippen MR) is 62.2 cm³/mol. The van der Waals surface area contributed by atoms with Gasteiger partial charge in [0.25, 0.3) is 0 Å². The third kappa shape index (κ3) is 2.70. The summed E-state index contributed by atoms with van der Waals surface area (Å²) in [5.74, 6) is -1.61. The maximum atomic E-state index is 13.8. The molecule has 2 rings (SSSR count). The Bertz CT molecular complexity index is 631. The lowest BCUT2D eigenvalue weighted by Crippen LogP contribution is -2.08. The van der Waals surface area contributed by atoms with Gasteiger partial charge in [-0.05, 0) is 24.3 Å². The van der Waals surface area contributed by atoms with Crippen LogP contribution in [0.1, 0.15) is 16.1 Å². The summed E-state index contributed by atoms with van der Waals surface area (Å²) in [5, 5.41) is 0. The van der Waals surface area contributed by atoms with Crippen LogP contribution in [-0.2, 0) is 6.18 Å². The summed E-state index contributed by atoms with van der Waals surface area (Å²) in [7, 11) is 0. The molecule has 0 spiro atoms. The van der Waals surface area contributed by atoms with Crippen molar-refractivity contribution in [2.75, 3.05) is 0 Å². The molecule has 2 nitrogen and oxygen atoms in total. The van der Waals surface area contributed by atoms with Crippen LogP contribution in [0.4, 0.5) is 17.6 Å². The molecule has 0 N–H and O–H groups in total. The zero-order valence-electron chi connectivity index (χ0n) is 9.09. The van der Waals surface area contributed by atoms with E-state index in [9.17, 15) is 22.4 Å². The summed E-state index contributed by atoms with van der Waals surface area (Å²) in [5.41, 5.74) is -1.89. The molecule has 19 heavy (non-hydrogen) atoms. The van der Waals surface area contributed by atoms with Crippen molar-refractivity contribution >= 4 is 22.2 Å². The number of halogens is 5. The highest BCUT2D eigenvalue weighted by atomic mass is 79.9. The maximum Gasteiger partial charge on any atom is 0.417 e. The topological polar surface area (TPSA) is 30.2 Å². The van der Waals surface area contributed by atoms with E-state index in [0.717, 1.165) is 18.2 Å². The van der Waals surface area contributed by atoms with Crippen molar-refractivity contribution in [3.63, 3.8) is 0 Å². The van der Waals surface area contributed by atoms with Crippen LogP contribution in [0.25, 0.3) is 11.3 Å². The molecule has 0 atom stereocenters. The number of benzene rings is 1. The summed E-state index contributed by atoms with van der Waals surface area (Å²) in [6, 6.07) is 3.93. The normalized spacial score (nSPS) is 11.6. The number of hydrogen-bond donors (Lipinski definition) is 0. The van der Waals surface area contributed by atoms with E-state index in [1.807, 2.05) is 0 Å². The molecule has 0 saturated heterocycles. The average Bonchev–Trinajstić information content (AvgIpc) is 2.75. The van der Waals surface area contributed by atoms with Crippen molar-refractivity contribution in [1.82, 2.24) is 0 Å². The maximum absolute atomic E-state index is 13.8. The zero-order chi connectivity index (χ0) is 14.2. The fourth-order valence-corrected chi connectivity index (χ4v) is 2.03. The van der Waals surface area contributed by atoms with Crippen LogP contribution in [0, 0.1) is 5.82 Å². The van der Waals surface area contributed by atoms with Gasteiger partial charge < -0.3 is 4.42 Å². The Morgan fingerprint density at radius 1 is 1.21 bits per heavy atom. The van der Waals surface area contributed by atoms with E-state index in [4.69, 9.17) is 4.42 Å². The second-order valence-corrected chi connectivity index (χ2v) is 4.54. The van der Waals surface area contributed by atoms with Gasteiger partial charge >= 0.3 is 6.18 Å². The zero-order valence-corrected chi connectivity index (χ0v) is 10.7. The molecule has 2 aromatic rings. The second-order valence-electron chi connectivity index (χ2n) is 3.63. The highest BCUT2D eigenvalue weighted by Crippen LogP contribution is 2.40. The van der Waals surface area contributed by atoms with Gasteiger partial charge in [0.15, 0.2) is 12.0 Å². The van der Waals surface area contributed by atoms with E-state index in [0.29, 0.717) is 6.29 Å². The van der Waals surface area contributed by atoms with Gasteiger partial charge in [0, 0.05) is 4.47 Å². The first-order valence-electron chi connectivity index (χ1n) is 4.94. The highest BCUT2D eigenvalue weighted by Gasteiger charge is 2.36. The Morgan fingerprint density at radius 3 is 2.42 bits per heavy atom. The molecular weight excluding hydrogens is 332 g/mol. The summed E-state index contributed by atoms with van der Waals surface area (Å²) >= 11 is 2.80. The molecule has 1 aromatic heterocycles. The first kappa shape index (κ1) is 13.8. The minimum atomic E-state index is -4.74. The van der Waals surface area contributed by atoms with Crippen molar-refractivity contribution < 1.29 is 26.8 Å². The molecule has 100 valence electrons. The van der Waals surface area contributed by atoms with Gasteiger partial charge in [-0.2, -0.15) is 13.2 Å². The van der Waals surface area contributed by atoms with Crippen LogP contribution < -0.4 is 0 Å². The molecule has 0 saturated carbocycles. The first-order valence-corrected chi connectivity index (χ1v) is 5.74. The molecule has 0 bridgehead atoms. The molecular formula is C12H5BrF4O2. The van der Waals surface area contributed by atoms with Crippen molar-refractivity contribution in [1.29, 1.82) is 0 Å². The average molecular weight is 337 g/mol. The Balaban J connectivity index is 2.71. The Labute approximate surface area is 113 Å². The Morgan fingerprint density at radius 2 is 1.89 bits per heavy atom. The molecule has 1 aromatic carbocycles. The van der Waals surface area contributed by atoms with Crippen molar-refractivity contribution in [3.05, 3.63) is 45.9 Å². The van der Waals surface area contributed by atoms with Crippen molar-refractivity contribution in [2.45, 2.75) is 6.18 Å². The fourth-order valence-electron chi connectivity index (χ4n) is 1.60. The molecule has 0 amide bonds. The van der Waals surface area contributed by atoms with Gasteiger partial charge in [-0.1, -0.05) is 15.9 Å². The third-order valence-corrected chi connectivity index (χ3v) is 2.81. The summed E-state index contributed by atoms with van der Waals surface area (Å²) < 4.78 is 57.2. The third-order valence-electron chi connectivity index (χ3n) is 2.35. The number of alkyl halides is 3. The van der Waals surface area contributed by atoms with Gasteiger partial charge in [0.1, 0.15) is 11.6 Å². The van der Waals surface area contributed by atoms with Crippen LogP contribution in [-0.4, -0.2) is 6.29 Å². The Kier molecular flexibility index (Phi) is 3.49. The lowest BCUT2D eigenvalue weighted by atomic mass is 10.0. The number of aldehydes is 1. The SMILES string of the molecule is O=Cc1ccc(-c2c(F)cc(Br)cc2C(F)(F)F)o1. The van der Waals surface area contributed by atoms with E-state index in [1.165, 1.54) is 6.07 Å². The van der Waals surface area contributed by atoms with Gasteiger partial charge in [0.05, 0.1) is 11.1 Å². The lowest BCUT2D eigenvalue weighted by molar-refractivity contribution is -0.137. The Hall–Kier alpha value is -1.63. The van der Waals surface area contributed by atoms with Gasteiger partial charge in [-0.15, -0.1) is 0 Å². The van der Waals surface area contributed by atoms with E-state index in [2.05, 4.69) is 15.9 Å². The van der Waals surface area contributed by atoms with Crippen molar-refractivity contribution in [2.24, 2.45) is 0 Å². The standard InChI is InChI=1S/C12H5BrF4O2/c13-6-3-8(12(15,16)17)11(9(14)4-6)10-2-1-7(5-18)19-10/h1-5H. The molecule has 0 fully saturated rings. The lowest BCUT2D eigenvalue weighted by Gasteiger charge is -2.12. The van der Waals surface area contributed by atoms with Crippen LogP contribution in [0.5, 0.6) is 0 Å². The van der Waals surface area contributed by atoms with E-state index in [1.54, 1.807) is 0 Å². The number of hydrogen-bond acceptors (Lipinski definition) is 2. The molecule has 1 heterocycles. The smallest absolute Gasteiger partial charge is 0.417 e. The van der Waals surface area contributed by atoms with Crippen LogP contribution in [0.3, 0.4) is 0 Å².